The lowest BCUT2D eigenvalue weighted by atomic mass is 9.98. The van der Waals surface area contributed by atoms with Crippen LogP contribution in [0, 0.1) is 0 Å². The molecule has 2 aromatic rings. The van der Waals surface area contributed by atoms with E-state index in [9.17, 15) is 20.4 Å². The highest BCUT2D eigenvalue weighted by atomic mass is 16.6. The van der Waals surface area contributed by atoms with E-state index in [1.807, 2.05) is 0 Å². The van der Waals surface area contributed by atoms with Crippen LogP contribution in [0.3, 0.4) is 0 Å². The van der Waals surface area contributed by atoms with Crippen molar-refractivity contribution in [1.82, 2.24) is 15.0 Å². The Labute approximate surface area is 113 Å². The van der Waals surface area contributed by atoms with E-state index < -0.39 is 37.3 Å². The van der Waals surface area contributed by atoms with Crippen molar-refractivity contribution in [3.05, 3.63) is 24.3 Å². The number of nitrogens with zero attached hydrogens (tertiary/aromatic N) is 3. The number of aromatic nitrogens is 3. The molecule has 0 aliphatic carbocycles. The lowest BCUT2D eigenvalue weighted by molar-refractivity contribution is -0.253. The summed E-state index contributed by atoms with van der Waals surface area (Å²) in [5.41, 5.74) is 1.24. The van der Waals surface area contributed by atoms with E-state index >= 15 is 0 Å². The zero-order chi connectivity index (χ0) is 14.3. The van der Waals surface area contributed by atoms with Crippen LogP contribution in [0.5, 0.6) is 0 Å². The molecule has 1 fully saturated rings. The van der Waals surface area contributed by atoms with Crippen LogP contribution < -0.4 is 0 Å². The van der Waals surface area contributed by atoms with Gasteiger partial charge in [0.15, 0.2) is 6.23 Å². The maximum Gasteiger partial charge on any atom is 0.181 e. The fourth-order valence-corrected chi connectivity index (χ4v) is 2.36. The monoisotopic (exact) mass is 281 g/mol. The van der Waals surface area contributed by atoms with Gasteiger partial charge in [-0.05, 0) is 12.1 Å². The summed E-state index contributed by atoms with van der Waals surface area (Å²) in [4.78, 5) is 0. The van der Waals surface area contributed by atoms with Crippen molar-refractivity contribution in [3.8, 4) is 0 Å². The number of para-hydroxylation sites is 1. The van der Waals surface area contributed by atoms with Crippen LogP contribution in [-0.2, 0) is 4.74 Å². The van der Waals surface area contributed by atoms with Crippen molar-refractivity contribution in [3.63, 3.8) is 0 Å². The molecule has 0 radical (unpaired) electrons. The van der Waals surface area contributed by atoms with Crippen molar-refractivity contribution < 1.29 is 25.2 Å². The molecule has 3 rings (SSSR count). The number of benzene rings is 1. The lowest BCUT2D eigenvalue weighted by Crippen LogP contribution is -2.56. The number of aliphatic hydroxyl groups excluding tert-OH is 4. The minimum Gasteiger partial charge on any atom is -0.394 e. The van der Waals surface area contributed by atoms with Crippen molar-refractivity contribution in [2.45, 2.75) is 30.6 Å². The normalized spacial score (nSPS) is 34.5. The first-order chi connectivity index (χ1) is 9.63. The molecule has 1 saturated heterocycles. The van der Waals surface area contributed by atoms with Crippen LogP contribution in [0.4, 0.5) is 0 Å². The van der Waals surface area contributed by atoms with Gasteiger partial charge in [0.25, 0.3) is 0 Å². The Morgan fingerprint density at radius 2 is 1.85 bits per heavy atom. The maximum atomic E-state index is 10.0. The standard InChI is InChI=1S/C12H15N3O5/c16-5-8-9(17)10(18)11(19)12(20-8)15-7-4-2-1-3-6(7)13-14-15/h1-4,8-12,16-19H,5H2/t8-,9+,10+,11+,12+/m0/s1. The zero-order valence-electron chi connectivity index (χ0n) is 10.4. The lowest BCUT2D eigenvalue weighted by Gasteiger charge is -2.39. The van der Waals surface area contributed by atoms with Crippen LogP contribution in [0.2, 0.25) is 0 Å². The van der Waals surface area contributed by atoms with Crippen LogP contribution in [-0.4, -0.2) is 66.4 Å². The summed E-state index contributed by atoms with van der Waals surface area (Å²) in [5.74, 6) is 0. The summed E-state index contributed by atoms with van der Waals surface area (Å²) in [7, 11) is 0. The number of rotatable bonds is 2. The summed E-state index contributed by atoms with van der Waals surface area (Å²) in [6.45, 7) is -0.478. The van der Waals surface area contributed by atoms with Crippen LogP contribution in [0.15, 0.2) is 24.3 Å². The molecule has 108 valence electrons. The van der Waals surface area contributed by atoms with Gasteiger partial charge in [0, 0.05) is 0 Å². The van der Waals surface area contributed by atoms with E-state index in [4.69, 9.17) is 4.74 Å². The number of aliphatic hydroxyl groups is 4. The third-order valence-electron chi connectivity index (χ3n) is 3.49. The van der Waals surface area contributed by atoms with Crippen molar-refractivity contribution in [2.75, 3.05) is 6.61 Å². The second-order valence-corrected chi connectivity index (χ2v) is 4.74. The fraction of sp³-hybridized carbons (Fsp3) is 0.500. The minimum absolute atomic E-state index is 0.478. The molecule has 20 heavy (non-hydrogen) atoms. The first-order valence-electron chi connectivity index (χ1n) is 6.24. The predicted octanol–water partition coefficient (Wildman–Crippen LogP) is -1.60. The third-order valence-corrected chi connectivity index (χ3v) is 3.49. The number of ether oxygens (including phenoxy) is 1. The molecule has 1 aromatic heterocycles. The van der Waals surface area contributed by atoms with Crippen LogP contribution in [0.25, 0.3) is 11.0 Å². The molecule has 1 aliphatic heterocycles. The van der Waals surface area contributed by atoms with Gasteiger partial charge >= 0.3 is 0 Å². The SMILES string of the molecule is OC[C@@H]1O[C@@H](n2nnc3ccccc32)[C@H](O)[C@H](O)[C@@H]1O. The molecule has 4 N–H and O–H groups in total. The van der Waals surface area contributed by atoms with Gasteiger partial charge in [0.2, 0.25) is 0 Å². The molecule has 8 heteroatoms. The second kappa shape index (κ2) is 5.08. The molecule has 0 unspecified atom stereocenters. The van der Waals surface area contributed by atoms with Gasteiger partial charge in [-0.2, -0.15) is 0 Å². The van der Waals surface area contributed by atoms with Gasteiger partial charge < -0.3 is 25.2 Å². The van der Waals surface area contributed by atoms with Gasteiger partial charge in [0.1, 0.15) is 29.9 Å². The van der Waals surface area contributed by atoms with E-state index in [1.54, 1.807) is 24.3 Å². The van der Waals surface area contributed by atoms with Gasteiger partial charge in [0.05, 0.1) is 12.1 Å². The summed E-state index contributed by atoms with van der Waals surface area (Å²) in [6.07, 6.45) is -6.20. The maximum absolute atomic E-state index is 10.0. The van der Waals surface area contributed by atoms with Crippen molar-refractivity contribution in [1.29, 1.82) is 0 Å². The zero-order valence-corrected chi connectivity index (χ0v) is 10.4. The Hall–Kier alpha value is -1.58. The van der Waals surface area contributed by atoms with E-state index in [1.165, 1.54) is 4.68 Å². The minimum atomic E-state index is -1.44. The molecular formula is C12H15N3O5. The number of hydrogen-bond acceptors (Lipinski definition) is 7. The van der Waals surface area contributed by atoms with Gasteiger partial charge in [-0.25, -0.2) is 4.68 Å². The second-order valence-electron chi connectivity index (χ2n) is 4.74. The molecule has 2 heterocycles. The molecule has 0 saturated carbocycles. The highest BCUT2D eigenvalue weighted by Gasteiger charge is 2.45. The first kappa shape index (κ1) is 13.4. The highest BCUT2D eigenvalue weighted by Crippen LogP contribution is 2.29. The topological polar surface area (TPSA) is 121 Å². The summed E-state index contributed by atoms with van der Waals surface area (Å²) >= 11 is 0. The van der Waals surface area contributed by atoms with Crippen LogP contribution >= 0.6 is 0 Å². The van der Waals surface area contributed by atoms with Crippen LogP contribution in [0.1, 0.15) is 6.23 Å². The Balaban J connectivity index is 2.00. The molecule has 8 nitrogen and oxygen atoms in total. The van der Waals surface area contributed by atoms with Crippen molar-refractivity contribution in [2.24, 2.45) is 0 Å². The van der Waals surface area contributed by atoms with E-state index in [0.717, 1.165) is 0 Å². The van der Waals surface area contributed by atoms with Crippen molar-refractivity contribution >= 4 is 11.0 Å². The molecule has 0 spiro atoms. The summed E-state index contributed by atoms with van der Waals surface area (Å²) in [6, 6.07) is 7.08. The van der Waals surface area contributed by atoms with Gasteiger partial charge in [-0.15, -0.1) is 5.10 Å². The smallest absolute Gasteiger partial charge is 0.181 e. The third kappa shape index (κ3) is 1.98. The Morgan fingerprint density at radius 3 is 2.60 bits per heavy atom. The van der Waals surface area contributed by atoms with Gasteiger partial charge in [-0.1, -0.05) is 17.3 Å². The van der Waals surface area contributed by atoms with E-state index in [2.05, 4.69) is 10.3 Å². The number of hydrogen-bond donors (Lipinski definition) is 4. The molecule has 0 amide bonds. The summed E-state index contributed by atoms with van der Waals surface area (Å²) in [5, 5.41) is 46.6. The molecule has 1 aromatic carbocycles. The Kier molecular flexibility index (Phi) is 3.40. The molecule has 0 bridgehead atoms. The quantitative estimate of drug-likeness (QED) is 0.523. The number of fused-ring (bicyclic) bond motifs is 1. The first-order valence-corrected chi connectivity index (χ1v) is 6.24. The molecular weight excluding hydrogens is 266 g/mol. The average Bonchev–Trinajstić information content (AvgIpc) is 2.89. The molecule has 1 aliphatic rings. The van der Waals surface area contributed by atoms with Gasteiger partial charge in [-0.3, -0.25) is 0 Å². The predicted molar refractivity (Wildman–Crippen MR) is 66.5 cm³/mol. The Bertz CT molecular complexity index is 602. The highest BCUT2D eigenvalue weighted by molar-refractivity contribution is 5.73. The average molecular weight is 281 g/mol. The van der Waals surface area contributed by atoms with E-state index in [-0.39, 0.29) is 0 Å². The fourth-order valence-electron chi connectivity index (χ4n) is 2.36. The summed E-state index contributed by atoms with van der Waals surface area (Å²) < 4.78 is 6.76. The Morgan fingerprint density at radius 1 is 1.10 bits per heavy atom. The molecule has 5 atom stereocenters. The largest absolute Gasteiger partial charge is 0.394 e. The van der Waals surface area contributed by atoms with E-state index in [0.29, 0.717) is 11.0 Å².